The number of benzene rings is 2. The highest BCUT2D eigenvalue weighted by Crippen LogP contribution is 2.34. The molecule has 0 radical (unpaired) electrons. The monoisotopic (exact) mass is 439 g/mol. The Bertz CT molecular complexity index is 1010. The molecule has 0 saturated carbocycles. The first-order chi connectivity index (χ1) is 13.5. The van der Waals surface area contributed by atoms with Crippen molar-refractivity contribution >= 4 is 21.8 Å². The van der Waals surface area contributed by atoms with Crippen LogP contribution < -0.4 is 10.1 Å². The Hall–Kier alpha value is -2.60. The van der Waals surface area contributed by atoms with Crippen molar-refractivity contribution in [2.24, 2.45) is 0 Å². The topological polar surface area (TPSA) is 56.2 Å². The number of hydrogen-bond donors (Lipinski definition) is 1. The van der Waals surface area contributed by atoms with Crippen LogP contribution in [0.25, 0.3) is 0 Å². The average Bonchev–Trinajstić information content (AvgIpc) is 2.96. The van der Waals surface area contributed by atoms with Crippen molar-refractivity contribution in [1.82, 2.24) is 15.1 Å². The molecule has 0 bridgehead atoms. The third-order valence-electron chi connectivity index (χ3n) is 5.10. The van der Waals surface area contributed by atoms with Gasteiger partial charge in [0, 0.05) is 22.2 Å². The molecular formula is C22H22BrN3O2. The number of carbonyl (C=O) groups is 1. The van der Waals surface area contributed by atoms with E-state index in [0.717, 1.165) is 39.2 Å². The predicted molar refractivity (Wildman–Crippen MR) is 112 cm³/mol. The van der Waals surface area contributed by atoms with Gasteiger partial charge >= 0.3 is 0 Å². The van der Waals surface area contributed by atoms with E-state index in [1.807, 2.05) is 54.9 Å². The van der Waals surface area contributed by atoms with Crippen molar-refractivity contribution in [3.8, 4) is 5.75 Å². The quantitative estimate of drug-likeness (QED) is 0.647. The summed E-state index contributed by atoms with van der Waals surface area (Å²) < 4.78 is 8.59. The zero-order valence-corrected chi connectivity index (χ0v) is 17.5. The smallest absolute Gasteiger partial charge is 0.255 e. The maximum atomic E-state index is 13.1. The lowest BCUT2D eigenvalue weighted by Gasteiger charge is -2.27. The van der Waals surface area contributed by atoms with Crippen LogP contribution in [0.1, 0.15) is 45.3 Å². The molecule has 0 fully saturated rings. The fourth-order valence-corrected chi connectivity index (χ4v) is 4.06. The standard InChI is InChI=1S/C22H22BrN3O2/c1-14-21(15(2)26(25-14)13-16-6-4-3-5-7-16)22(27)24-19-10-11-28-20-9-8-17(23)12-18(19)20/h3-9,12,19H,10-11,13H2,1-2H3,(H,24,27). The van der Waals surface area contributed by atoms with Crippen molar-refractivity contribution < 1.29 is 9.53 Å². The largest absolute Gasteiger partial charge is 0.493 e. The van der Waals surface area contributed by atoms with Gasteiger partial charge in [-0.15, -0.1) is 0 Å². The van der Waals surface area contributed by atoms with Gasteiger partial charge in [0.1, 0.15) is 5.75 Å². The van der Waals surface area contributed by atoms with Gasteiger partial charge in [0.15, 0.2) is 0 Å². The molecule has 2 aromatic carbocycles. The van der Waals surface area contributed by atoms with E-state index in [1.165, 1.54) is 0 Å². The Morgan fingerprint density at radius 3 is 2.82 bits per heavy atom. The van der Waals surface area contributed by atoms with Gasteiger partial charge in [0.05, 0.1) is 30.5 Å². The van der Waals surface area contributed by atoms with E-state index in [-0.39, 0.29) is 11.9 Å². The van der Waals surface area contributed by atoms with Crippen LogP contribution in [0, 0.1) is 13.8 Å². The highest BCUT2D eigenvalue weighted by molar-refractivity contribution is 9.10. The number of rotatable bonds is 4. The second-order valence-corrected chi connectivity index (χ2v) is 7.95. The van der Waals surface area contributed by atoms with Gasteiger partial charge in [-0.2, -0.15) is 5.10 Å². The summed E-state index contributed by atoms with van der Waals surface area (Å²) >= 11 is 3.51. The highest BCUT2D eigenvalue weighted by Gasteiger charge is 2.26. The summed E-state index contributed by atoms with van der Waals surface area (Å²) in [4.78, 5) is 13.1. The number of hydrogen-bond acceptors (Lipinski definition) is 3. The molecule has 1 aliphatic heterocycles. The molecule has 28 heavy (non-hydrogen) atoms. The lowest BCUT2D eigenvalue weighted by atomic mass is 10.00. The molecule has 0 aliphatic carbocycles. The fraction of sp³-hybridized carbons (Fsp3) is 0.273. The summed E-state index contributed by atoms with van der Waals surface area (Å²) in [6, 6.07) is 16.0. The minimum Gasteiger partial charge on any atom is -0.493 e. The van der Waals surface area contributed by atoms with Crippen LogP contribution in [0.4, 0.5) is 0 Å². The molecule has 0 spiro atoms. The molecular weight excluding hydrogens is 418 g/mol. The van der Waals surface area contributed by atoms with Crippen LogP contribution in [-0.4, -0.2) is 22.3 Å². The molecule has 4 rings (SSSR count). The van der Waals surface area contributed by atoms with Crippen molar-refractivity contribution in [1.29, 1.82) is 0 Å². The number of fused-ring (bicyclic) bond motifs is 1. The molecule has 2 heterocycles. The van der Waals surface area contributed by atoms with Gasteiger partial charge in [0.2, 0.25) is 0 Å². The Morgan fingerprint density at radius 2 is 2.04 bits per heavy atom. The second kappa shape index (κ2) is 7.80. The maximum absolute atomic E-state index is 13.1. The third-order valence-corrected chi connectivity index (χ3v) is 5.59. The molecule has 5 nitrogen and oxygen atoms in total. The fourth-order valence-electron chi connectivity index (χ4n) is 3.68. The number of aryl methyl sites for hydroxylation is 1. The average molecular weight is 440 g/mol. The normalized spacial score (nSPS) is 15.6. The number of aromatic nitrogens is 2. The second-order valence-electron chi connectivity index (χ2n) is 7.03. The van der Waals surface area contributed by atoms with Crippen molar-refractivity contribution in [3.05, 3.63) is 81.1 Å². The van der Waals surface area contributed by atoms with Gasteiger partial charge < -0.3 is 10.1 Å². The first-order valence-corrected chi connectivity index (χ1v) is 10.1. The molecule has 1 unspecified atom stereocenters. The number of amides is 1. The van der Waals surface area contributed by atoms with E-state index < -0.39 is 0 Å². The van der Waals surface area contributed by atoms with Crippen LogP contribution in [0.2, 0.25) is 0 Å². The summed E-state index contributed by atoms with van der Waals surface area (Å²) in [6.07, 6.45) is 0.742. The Balaban J connectivity index is 1.57. The number of carbonyl (C=O) groups excluding carboxylic acids is 1. The van der Waals surface area contributed by atoms with Gasteiger partial charge in [-0.1, -0.05) is 46.3 Å². The zero-order chi connectivity index (χ0) is 19.7. The first kappa shape index (κ1) is 18.7. The van der Waals surface area contributed by atoms with Gasteiger partial charge in [0.25, 0.3) is 5.91 Å². The summed E-state index contributed by atoms with van der Waals surface area (Å²) in [7, 11) is 0. The lowest BCUT2D eigenvalue weighted by Crippen LogP contribution is -2.32. The Labute approximate surface area is 172 Å². The Morgan fingerprint density at radius 1 is 1.25 bits per heavy atom. The van der Waals surface area contributed by atoms with Crippen LogP contribution in [0.3, 0.4) is 0 Å². The van der Waals surface area contributed by atoms with E-state index in [0.29, 0.717) is 18.7 Å². The minimum absolute atomic E-state index is 0.0787. The van der Waals surface area contributed by atoms with E-state index in [9.17, 15) is 4.79 Å². The number of nitrogens with zero attached hydrogens (tertiary/aromatic N) is 2. The van der Waals surface area contributed by atoms with Gasteiger partial charge in [-0.25, -0.2) is 0 Å². The van der Waals surface area contributed by atoms with Crippen molar-refractivity contribution in [3.63, 3.8) is 0 Å². The van der Waals surface area contributed by atoms with E-state index in [1.54, 1.807) is 0 Å². The maximum Gasteiger partial charge on any atom is 0.255 e. The number of nitrogens with one attached hydrogen (secondary N) is 1. The molecule has 144 valence electrons. The van der Waals surface area contributed by atoms with E-state index >= 15 is 0 Å². The van der Waals surface area contributed by atoms with Gasteiger partial charge in [-0.05, 0) is 37.6 Å². The van der Waals surface area contributed by atoms with E-state index in [2.05, 4.69) is 38.5 Å². The van der Waals surface area contributed by atoms with E-state index in [4.69, 9.17) is 4.74 Å². The zero-order valence-electron chi connectivity index (χ0n) is 15.9. The van der Waals surface area contributed by atoms with Crippen molar-refractivity contribution in [2.75, 3.05) is 6.61 Å². The molecule has 1 atom stereocenters. The molecule has 1 aromatic heterocycles. The molecule has 1 aliphatic rings. The summed E-state index contributed by atoms with van der Waals surface area (Å²) in [5.74, 6) is 0.736. The van der Waals surface area contributed by atoms with Gasteiger partial charge in [-0.3, -0.25) is 9.48 Å². The highest BCUT2D eigenvalue weighted by atomic mass is 79.9. The minimum atomic E-state index is -0.0906. The van der Waals surface area contributed by atoms with Crippen LogP contribution in [0.15, 0.2) is 53.0 Å². The number of halogens is 1. The Kier molecular flexibility index (Phi) is 5.22. The first-order valence-electron chi connectivity index (χ1n) is 9.34. The molecule has 6 heteroatoms. The summed E-state index contributed by atoms with van der Waals surface area (Å²) in [6.45, 7) is 5.07. The predicted octanol–water partition coefficient (Wildman–Crippen LogP) is 4.56. The summed E-state index contributed by atoms with van der Waals surface area (Å²) in [5.41, 5.74) is 4.43. The molecule has 0 saturated heterocycles. The van der Waals surface area contributed by atoms with Crippen molar-refractivity contribution in [2.45, 2.75) is 32.9 Å². The van der Waals surface area contributed by atoms with Crippen LogP contribution in [0.5, 0.6) is 5.75 Å². The number of ether oxygens (including phenoxy) is 1. The molecule has 1 amide bonds. The summed E-state index contributed by atoms with van der Waals surface area (Å²) in [5, 5.41) is 7.79. The van der Waals surface area contributed by atoms with Crippen LogP contribution in [-0.2, 0) is 6.54 Å². The van der Waals surface area contributed by atoms with Crippen LogP contribution >= 0.6 is 15.9 Å². The molecule has 1 N–H and O–H groups in total. The third kappa shape index (κ3) is 3.69. The SMILES string of the molecule is Cc1nn(Cc2ccccc2)c(C)c1C(=O)NC1CCOc2ccc(Br)cc21. The lowest BCUT2D eigenvalue weighted by molar-refractivity contribution is 0.0923. The molecule has 3 aromatic rings.